The van der Waals surface area contributed by atoms with Crippen LogP contribution in [0, 0.1) is 23.7 Å². The summed E-state index contributed by atoms with van der Waals surface area (Å²) in [5, 5.41) is 0. The average molecular weight is 241 g/mol. The molecule has 0 heterocycles. The molecule has 0 fully saturated rings. The summed E-state index contributed by atoms with van der Waals surface area (Å²) in [4.78, 5) is 2.36. The number of hydrogen-bond donors (Lipinski definition) is 0. The van der Waals surface area contributed by atoms with Gasteiger partial charge in [-0.2, -0.15) is 0 Å². The Morgan fingerprint density at radius 2 is 1.47 bits per heavy atom. The fourth-order valence-electron chi connectivity index (χ4n) is 2.67. The van der Waals surface area contributed by atoms with Crippen LogP contribution in [-0.2, 0) is 0 Å². The Morgan fingerprint density at radius 3 is 1.88 bits per heavy atom. The lowest BCUT2D eigenvalue weighted by molar-refractivity contribution is 0.193. The van der Waals surface area contributed by atoms with Crippen molar-refractivity contribution in [3.8, 4) is 0 Å². The minimum absolute atomic E-state index is 0.807. The summed E-state index contributed by atoms with van der Waals surface area (Å²) in [5.74, 6) is 3.42. The van der Waals surface area contributed by atoms with Gasteiger partial charge in [-0.3, -0.25) is 0 Å². The van der Waals surface area contributed by atoms with Gasteiger partial charge in [0.1, 0.15) is 0 Å². The molecule has 0 rings (SSSR count). The Bertz CT molecular complexity index is 174. The number of rotatable bonds is 9. The van der Waals surface area contributed by atoms with E-state index in [2.05, 4.69) is 53.6 Å². The molecule has 0 saturated carbocycles. The molecule has 17 heavy (non-hydrogen) atoms. The molecular weight excluding hydrogens is 206 g/mol. The molecule has 0 aromatic rings. The summed E-state index contributed by atoms with van der Waals surface area (Å²) in [6, 6.07) is 0. The largest absolute Gasteiger partial charge is 0.309 e. The van der Waals surface area contributed by atoms with Gasteiger partial charge in [-0.25, -0.2) is 0 Å². The Hall–Kier alpha value is -0.0400. The maximum absolute atomic E-state index is 2.43. The second-order valence-corrected chi connectivity index (χ2v) is 6.60. The first-order valence-corrected chi connectivity index (χ1v) is 7.53. The van der Waals surface area contributed by atoms with Gasteiger partial charge in [0.2, 0.25) is 0 Å². The molecule has 0 saturated heterocycles. The van der Waals surface area contributed by atoms with Crippen LogP contribution < -0.4 is 0 Å². The van der Waals surface area contributed by atoms with E-state index < -0.39 is 0 Å². The summed E-state index contributed by atoms with van der Waals surface area (Å²) < 4.78 is 0. The summed E-state index contributed by atoms with van der Waals surface area (Å²) in [5.41, 5.74) is 0. The monoisotopic (exact) mass is 241 g/mol. The van der Waals surface area contributed by atoms with Gasteiger partial charge >= 0.3 is 0 Å². The molecule has 1 heteroatoms. The Morgan fingerprint density at radius 1 is 0.882 bits per heavy atom. The molecule has 0 radical (unpaired) electrons. The van der Waals surface area contributed by atoms with Crippen molar-refractivity contribution in [3.63, 3.8) is 0 Å². The fourth-order valence-corrected chi connectivity index (χ4v) is 2.67. The molecule has 0 aliphatic rings. The molecule has 0 spiro atoms. The molecule has 3 atom stereocenters. The molecule has 0 amide bonds. The van der Waals surface area contributed by atoms with Crippen LogP contribution in [0.1, 0.15) is 60.3 Å². The maximum Gasteiger partial charge on any atom is 0.000621 e. The molecule has 0 N–H and O–H groups in total. The zero-order valence-corrected chi connectivity index (χ0v) is 13.3. The van der Waals surface area contributed by atoms with Crippen LogP contribution in [0.3, 0.4) is 0 Å². The van der Waals surface area contributed by atoms with Crippen LogP contribution in [0.4, 0.5) is 0 Å². The minimum atomic E-state index is 0.807. The van der Waals surface area contributed by atoms with Crippen molar-refractivity contribution in [2.75, 3.05) is 20.6 Å². The lowest BCUT2D eigenvalue weighted by Gasteiger charge is -2.30. The second-order valence-electron chi connectivity index (χ2n) is 6.60. The van der Waals surface area contributed by atoms with Gasteiger partial charge in [0.25, 0.3) is 0 Å². The van der Waals surface area contributed by atoms with E-state index in [1.807, 2.05) is 0 Å². The summed E-state index contributed by atoms with van der Waals surface area (Å²) in [6.45, 7) is 13.1. The predicted octanol–water partition coefficient (Wildman–Crippen LogP) is 4.67. The highest BCUT2D eigenvalue weighted by molar-refractivity contribution is 4.72. The Balaban J connectivity index is 4.19. The van der Waals surface area contributed by atoms with Gasteiger partial charge < -0.3 is 4.90 Å². The molecule has 104 valence electrons. The standard InChI is InChI=1S/C16H35N/c1-8-9-14(4)10-11-16(12-17(6)7)15(5)13(2)3/h13-16H,8-12H2,1-7H3. The molecule has 1 nitrogen and oxygen atoms in total. The fraction of sp³-hybridized carbons (Fsp3) is 1.00. The Kier molecular flexibility index (Phi) is 8.94. The first-order valence-electron chi connectivity index (χ1n) is 7.53. The van der Waals surface area contributed by atoms with Crippen molar-refractivity contribution >= 4 is 0 Å². The smallest absolute Gasteiger partial charge is 0.000621 e. The Labute approximate surface area is 110 Å². The normalized spacial score (nSPS) is 17.5. The van der Waals surface area contributed by atoms with Crippen molar-refractivity contribution in [1.82, 2.24) is 4.90 Å². The van der Waals surface area contributed by atoms with Crippen LogP contribution >= 0.6 is 0 Å². The van der Waals surface area contributed by atoms with Crippen LogP contribution in [0.25, 0.3) is 0 Å². The van der Waals surface area contributed by atoms with Crippen molar-refractivity contribution in [2.24, 2.45) is 23.7 Å². The van der Waals surface area contributed by atoms with E-state index in [4.69, 9.17) is 0 Å². The molecule has 0 aliphatic heterocycles. The number of nitrogens with zero attached hydrogens (tertiary/aromatic N) is 1. The van der Waals surface area contributed by atoms with E-state index in [1.54, 1.807) is 0 Å². The van der Waals surface area contributed by atoms with Crippen molar-refractivity contribution in [2.45, 2.75) is 60.3 Å². The lowest BCUT2D eigenvalue weighted by atomic mass is 9.80. The van der Waals surface area contributed by atoms with Crippen LogP contribution in [0.15, 0.2) is 0 Å². The van der Waals surface area contributed by atoms with Crippen LogP contribution in [-0.4, -0.2) is 25.5 Å². The van der Waals surface area contributed by atoms with Gasteiger partial charge in [-0.1, -0.05) is 53.9 Å². The topological polar surface area (TPSA) is 3.24 Å². The highest BCUT2D eigenvalue weighted by atomic mass is 15.1. The summed E-state index contributed by atoms with van der Waals surface area (Å²) >= 11 is 0. The van der Waals surface area contributed by atoms with E-state index in [1.165, 1.54) is 32.2 Å². The minimum Gasteiger partial charge on any atom is -0.309 e. The van der Waals surface area contributed by atoms with Gasteiger partial charge in [0.05, 0.1) is 0 Å². The van der Waals surface area contributed by atoms with Crippen molar-refractivity contribution < 1.29 is 0 Å². The van der Waals surface area contributed by atoms with E-state index >= 15 is 0 Å². The third-order valence-corrected chi connectivity index (χ3v) is 4.21. The molecule has 3 unspecified atom stereocenters. The van der Waals surface area contributed by atoms with Gasteiger partial charge in [-0.05, 0) is 44.2 Å². The second kappa shape index (κ2) is 8.97. The lowest BCUT2D eigenvalue weighted by Crippen LogP contribution is -2.29. The van der Waals surface area contributed by atoms with Gasteiger partial charge in [-0.15, -0.1) is 0 Å². The SMILES string of the molecule is CCCC(C)CCC(CN(C)C)C(C)C(C)C. The molecule has 0 aromatic heterocycles. The van der Waals surface area contributed by atoms with E-state index in [-0.39, 0.29) is 0 Å². The van der Waals surface area contributed by atoms with Crippen LogP contribution in [0.2, 0.25) is 0 Å². The van der Waals surface area contributed by atoms with Gasteiger partial charge in [0.15, 0.2) is 0 Å². The zero-order valence-electron chi connectivity index (χ0n) is 13.3. The third-order valence-electron chi connectivity index (χ3n) is 4.21. The molecule has 0 aromatic carbocycles. The van der Waals surface area contributed by atoms with E-state index in [0.29, 0.717) is 0 Å². The zero-order chi connectivity index (χ0) is 13.4. The third kappa shape index (κ3) is 7.81. The first kappa shape index (κ1) is 17.0. The molecule has 0 bridgehead atoms. The van der Waals surface area contributed by atoms with Crippen LogP contribution in [0.5, 0.6) is 0 Å². The highest BCUT2D eigenvalue weighted by Gasteiger charge is 2.21. The maximum atomic E-state index is 2.43. The quantitative estimate of drug-likeness (QED) is 0.567. The predicted molar refractivity (Wildman–Crippen MR) is 79.4 cm³/mol. The number of hydrogen-bond acceptors (Lipinski definition) is 1. The van der Waals surface area contributed by atoms with Crippen molar-refractivity contribution in [3.05, 3.63) is 0 Å². The summed E-state index contributed by atoms with van der Waals surface area (Å²) in [6.07, 6.45) is 5.53. The molecular formula is C16H35N. The molecule has 0 aliphatic carbocycles. The average Bonchev–Trinajstić information content (AvgIpc) is 2.23. The van der Waals surface area contributed by atoms with E-state index in [9.17, 15) is 0 Å². The van der Waals surface area contributed by atoms with Gasteiger partial charge in [0, 0.05) is 6.54 Å². The van der Waals surface area contributed by atoms with E-state index in [0.717, 1.165) is 23.7 Å². The first-order chi connectivity index (χ1) is 7.88. The summed E-state index contributed by atoms with van der Waals surface area (Å²) in [7, 11) is 4.41. The highest BCUT2D eigenvalue weighted by Crippen LogP contribution is 2.27. The van der Waals surface area contributed by atoms with Crippen molar-refractivity contribution in [1.29, 1.82) is 0 Å².